The molecule has 3 rings (SSSR count). The third-order valence-corrected chi connectivity index (χ3v) is 11.3. The molecule has 0 spiro atoms. The number of alkyl halides is 5. The summed E-state index contributed by atoms with van der Waals surface area (Å²) in [6, 6.07) is 6.77. The summed E-state index contributed by atoms with van der Waals surface area (Å²) in [6.45, 7) is 12.7. The van der Waals surface area contributed by atoms with Gasteiger partial charge in [0.05, 0.1) is 0 Å². The number of aldehydes is 1. The molecular formula is C40H69F5N2O3S. The highest BCUT2D eigenvalue weighted by molar-refractivity contribution is 7.99. The van der Waals surface area contributed by atoms with E-state index in [0.717, 1.165) is 62.5 Å². The molecule has 51 heavy (non-hydrogen) atoms. The number of benzene rings is 1. The monoisotopic (exact) mass is 752 g/mol. The molecule has 2 aliphatic carbocycles. The summed E-state index contributed by atoms with van der Waals surface area (Å²) in [4.78, 5) is 21.7. The minimum absolute atomic E-state index is 0.0896. The molecule has 0 aromatic heterocycles. The van der Waals surface area contributed by atoms with E-state index < -0.39 is 18.5 Å². The van der Waals surface area contributed by atoms with Gasteiger partial charge in [0.25, 0.3) is 0 Å². The highest BCUT2D eigenvalue weighted by Crippen LogP contribution is 2.59. The number of primary amides is 1. The third-order valence-electron chi connectivity index (χ3n) is 10.2. The highest BCUT2D eigenvalue weighted by Gasteiger charge is 2.56. The summed E-state index contributed by atoms with van der Waals surface area (Å²) in [6.07, 6.45) is 9.77. The molecule has 2 aliphatic rings. The van der Waals surface area contributed by atoms with Crippen molar-refractivity contribution in [3.63, 3.8) is 0 Å². The lowest BCUT2D eigenvalue weighted by Gasteiger charge is -2.54. The van der Waals surface area contributed by atoms with E-state index in [1.807, 2.05) is 13.8 Å². The van der Waals surface area contributed by atoms with Crippen molar-refractivity contribution in [1.29, 1.82) is 0 Å². The summed E-state index contributed by atoms with van der Waals surface area (Å²) in [5.74, 6) is -0.271. The Morgan fingerprint density at radius 3 is 2.18 bits per heavy atom. The topological polar surface area (TPSA) is 72.6 Å². The number of amides is 1. The molecule has 1 fully saturated rings. The Labute approximate surface area is 310 Å². The van der Waals surface area contributed by atoms with Gasteiger partial charge < -0.3 is 20.2 Å². The second-order valence-corrected chi connectivity index (χ2v) is 15.4. The first-order valence-electron chi connectivity index (χ1n) is 19.2. The number of likely N-dealkylation sites (N-methyl/N-ethyl adjacent to an activating group) is 1. The number of carbonyl (C=O) groups excluding carboxylic acids is 2. The highest BCUT2D eigenvalue weighted by atomic mass is 32.2. The van der Waals surface area contributed by atoms with Crippen molar-refractivity contribution < 1.29 is 36.3 Å². The lowest BCUT2D eigenvalue weighted by Crippen LogP contribution is -2.44. The Morgan fingerprint density at radius 1 is 0.980 bits per heavy atom. The maximum atomic E-state index is 12.6. The fraction of sp³-hybridized carbons (Fsp3) is 0.800. The first-order chi connectivity index (χ1) is 24.2. The summed E-state index contributed by atoms with van der Waals surface area (Å²) in [7, 11) is 4.14. The minimum atomic E-state index is -5.41. The van der Waals surface area contributed by atoms with Crippen molar-refractivity contribution in [2.45, 2.75) is 149 Å². The van der Waals surface area contributed by atoms with Crippen molar-refractivity contribution in [3.8, 4) is 5.75 Å². The van der Waals surface area contributed by atoms with Gasteiger partial charge in [-0.1, -0.05) is 79.2 Å². The number of hydrogen-bond donors (Lipinski definition) is 1. The summed E-state index contributed by atoms with van der Waals surface area (Å²) in [5, 5.41) is 0. The molecule has 0 radical (unpaired) electrons. The fourth-order valence-corrected chi connectivity index (χ4v) is 8.34. The number of ether oxygens (including phenoxy) is 1. The number of carbonyl (C=O) groups is 2. The number of rotatable bonds is 19. The van der Waals surface area contributed by atoms with Crippen molar-refractivity contribution in [2.24, 2.45) is 23.0 Å². The average molecular weight is 753 g/mol. The van der Waals surface area contributed by atoms with Gasteiger partial charge in [-0.15, -0.1) is 0 Å². The number of aryl methyl sites for hydroxylation is 1. The predicted octanol–water partition coefficient (Wildman–Crippen LogP) is 11.3. The quantitative estimate of drug-likeness (QED) is 0.0865. The van der Waals surface area contributed by atoms with Crippen LogP contribution >= 0.6 is 11.8 Å². The molecule has 2 N–H and O–H groups in total. The first kappa shape index (κ1) is 49.1. The van der Waals surface area contributed by atoms with Crippen molar-refractivity contribution in [2.75, 3.05) is 38.8 Å². The number of halogens is 5. The number of nitrogens with two attached hydrogens (primary N) is 1. The SMILES string of the molecule is CC.CC1CCC2c3ccc(OCCN(C)C)cc3CCC2(C)C1CCC=O.CCCCCCCCCSCCCC(F)(F)C(F)(F)F.NC=O. The molecule has 1 aromatic carbocycles. The molecule has 0 saturated heterocycles. The number of fused-ring (bicyclic) bond motifs is 3. The van der Waals surface area contributed by atoms with Crippen molar-refractivity contribution in [3.05, 3.63) is 29.3 Å². The standard InChI is InChI=1S/C23H35NO2.C14H25F5S.C2H6.CH3NO/c1-17-7-10-22-20-9-8-19(26-15-13-24(3)4)16-18(20)11-12-23(22,2)21(17)6-5-14-25;1-2-3-4-5-6-7-8-11-20-12-9-10-13(15,16)14(17,18)19;1-2;2-1-3/h8-9,14,16-17,21-22H,5-7,10-13,15H2,1-4H3;2-12H2,1H3;1-2H3;1H,(H2,2,3). The molecule has 0 bridgehead atoms. The zero-order valence-corrected chi connectivity index (χ0v) is 33.4. The zero-order chi connectivity index (χ0) is 38.9. The molecule has 4 unspecified atom stereocenters. The van der Waals surface area contributed by atoms with Crippen LogP contribution in [-0.4, -0.2) is 68.4 Å². The summed E-state index contributed by atoms with van der Waals surface area (Å²) in [5.41, 5.74) is 7.53. The second-order valence-electron chi connectivity index (χ2n) is 14.2. The van der Waals surface area contributed by atoms with Gasteiger partial charge in [-0.05, 0) is 117 Å². The van der Waals surface area contributed by atoms with Crippen LogP contribution in [0, 0.1) is 17.3 Å². The van der Waals surface area contributed by atoms with Gasteiger partial charge in [-0.3, -0.25) is 4.79 Å². The molecule has 11 heteroatoms. The van der Waals surface area contributed by atoms with E-state index in [2.05, 4.69) is 63.7 Å². The average Bonchev–Trinajstić information content (AvgIpc) is 3.07. The van der Waals surface area contributed by atoms with E-state index in [9.17, 15) is 26.7 Å². The van der Waals surface area contributed by atoms with Crippen molar-refractivity contribution >= 4 is 24.5 Å². The van der Waals surface area contributed by atoms with Gasteiger partial charge in [0.1, 0.15) is 18.6 Å². The van der Waals surface area contributed by atoms with E-state index in [0.29, 0.717) is 29.4 Å². The van der Waals surface area contributed by atoms with Crippen LogP contribution in [0.3, 0.4) is 0 Å². The first-order valence-corrected chi connectivity index (χ1v) is 20.4. The molecule has 0 heterocycles. The van der Waals surface area contributed by atoms with Crippen LogP contribution in [0.4, 0.5) is 22.0 Å². The lowest BCUT2D eigenvalue weighted by atomic mass is 9.51. The molecule has 5 nitrogen and oxygen atoms in total. The van der Waals surface area contributed by atoms with Gasteiger partial charge in [0.15, 0.2) is 0 Å². The normalized spacial score (nSPS) is 21.0. The van der Waals surface area contributed by atoms with Gasteiger partial charge >= 0.3 is 12.1 Å². The number of thioether (sulfide) groups is 1. The van der Waals surface area contributed by atoms with E-state index in [1.165, 1.54) is 68.7 Å². The van der Waals surface area contributed by atoms with Crippen LogP contribution in [0.25, 0.3) is 0 Å². The van der Waals surface area contributed by atoms with Crippen LogP contribution in [-0.2, 0) is 16.0 Å². The van der Waals surface area contributed by atoms with Crippen LogP contribution in [0.15, 0.2) is 18.2 Å². The Morgan fingerprint density at radius 2 is 1.59 bits per heavy atom. The molecule has 0 aliphatic heterocycles. The molecule has 298 valence electrons. The van der Waals surface area contributed by atoms with E-state index in [-0.39, 0.29) is 12.8 Å². The van der Waals surface area contributed by atoms with Gasteiger partial charge in [0, 0.05) is 19.4 Å². The lowest BCUT2D eigenvalue weighted by molar-refractivity contribution is -0.284. The Bertz CT molecular complexity index is 1060. The smallest absolute Gasteiger partial charge is 0.453 e. The molecule has 1 aromatic rings. The fourth-order valence-electron chi connectivity index (χ4n) is 7.38. The molecule has 4 atom stereocenters. The Hall–Kier alpha value is -1.88. The number of hydrogen-bond acceptors (Lipinski definition) is 5. The summed E-state index contributed by atoms with van der Waals surface area (Å²) < 4.78 is 66.7. The number of nitrogens with zero attached hydrogens (tertiary/aromatic N) is 1. The molecular weight excluding hydrogens is 684 g/mol. The maximum absolute atomic E-state index is 12.6. The van der Waals surface area contributed by atoms with E-state index >= 15 is 0 Å². The van der Waals surface area contributed by atoms with Gasteiger partial charge in [-0.25, -0.2) is 0 Å². The second kappa shape index (κ2) is 26.8. The third kappa shape index (κ3) is 18.1. The summed E-state index contributed by atoms with van der Waals surface area (Å²) >= 11 is 1.47. The van der Waals surface area contributed by atoms with Crippen LogP contribution in [0.5, 0.6) is 5.75 Å². The van der Waals surface area contributed by atoms with Crippen LogP contribution in [0.1, 0.15) is 142 Å². The Kier molecular flexibility index (Phi) is 25.8. The molecule has 1 amide bonds. The zero-order valence-electron chi connectivity index (χ0n) is 32.6. The number of unbranched alkanes of at least 4 members (excludes halogenated alkanes) is 6. The maximum Gasteiger partial charge on any atom is 0.453 e. The minimum Gasteiger partial charge on any atom is -0.492 e. The van der Waals surface area contributed by atoms with Crippen LogP contribution in [0.2, 0.25) is 0 Å². The largest absolute Gasteiger partial charge is 0.492 e. The predicted molar refractivity (Wildman–Crippen MR) is 204 cm³/mol. The van der Waals surface area contributed by atoms with E-state index in [4.69, 9.17) is 9.53 Å². The van der Waals surface area contributed by atoms with Crippen molar-refractivity contribution in [1.82, 2.24) is 4.90 Å². The molecule has 1 saturated carbocycles. The van der Waals surface area contributed by atoms with Gasteiger partial charge in [0.2, 0.25) is 6.41 Å². The van der Waals surface area contributed by atoms with Crippen LogP contribution < -0.4 is 10.5 Å². The van der Waals surface area contributed by atoms with E-state index in [1.54, 1.807) is 5.56 Å². The van der Waals surface area contributed by atoms with Gasteiger partial charge in [-0.2, -0.15) is 33.7 Å². The Balaban J connectivity index is 0.000000897.